The number of amides is 1. The molecule has 1 aliphatic rings. The van der Waals surface area contributed by atoms with E-state index in [2.05, 4.69) is 11.8 Å². The Kier molecular flexibility index (Phi) is 8.08. The number of rotatable bonds is 9. The number of primary amides is 1. The van der Waals surface area contributed by atoms with E-state index in [1.807, 2.05) is 0 Å². The van der Waals surface area contributed by atoms with Gasteiger partial charge >= 0.3 is 6.18 Å². The molecule has 0 atom stereocenters. The van der Waals surface area contributed by atoms with Crippen LogP contribution in [0.3, 0.4) is 0 Å². The Bertz CT molecular complexity index is 1070. The predicted octanol–water partition coefficient (Wildman–Crippen LogP) is 4.74. The highest BCUT2D eigenvalue weighted by molar-refractivity contribution is 7.93. The van der Waals surface area contributed by atoms with Gasteiger partial charge in [-0.25, -0.2) is 8.42 Å². The molecular formula is C25H31F3N2O3S. The van der Waals surface area contributed by atoms with Crippen LogP contribution >= 0.6 is 0 Å². The molecule has 0 aromatic heterocycles. The van der Waals surface area contributed by atoms with Gasteiger partial charge in [0.15, 0.2) is 14.6 Å². The van der Waals surface area contributed by atoms with E-state index in [0.29, 0.717) is 19.5 Å². The molecule has 2 N–H and O–H groups in total. The molecule has 5 nitrogen and oxygen atoms in total. The quantitative estimate of drug-likeness (QED) is 0.544. The molecule has 2 aromatic carbocycles. The van der Waals surface area contributed by atoms with Crippen LogP contribution in [-0.2, 0) is 21.1 Å². The largest absolute Gasteiger partial charge is 0.389 e. The van der Waals surface area contributed by atoms with Crippen molar-refractivity contribution in [1.29, 1.82) is 0 Å². The third kappa shape index (κ3) is 5.81. The summed E-state index contributed by atoms with van der Waals surface area (Å²) in [6, 6.07) is 13.5. The van der Waals surface area contributed by atoms with E-state index in [4.69, 9.17) is 5.73 Å². The van der Waals surface area contributed by atoms with Crippen molar-refractivity contribution in [3.05, 3.63) is 54.1 Å². The zero-order valence-corrected chi connectivity index (χ0v) is 20.1. The maximum atomic E-state index is 13.5. The van der Waals surface area contributed by atoms with Crippen molar-refractivity contribution in [2.24, 2.45) is 5.73 Å². The summed E-state index contributed by atoms with van der Waals surface area (Å²) in [5.74, 6) is -0.811. The minimum absolute atomic E-state index is 0.0349. The number of carbonyl (C=O) groups is 1. The number of carbonyl (C=O) groups excluding carboxylic acids is 1. The molecule has 1 amide bonds. The van der Waals surface area contributed by atoms with Crippen LogP contribution < -0.4 is 5.73 Å². The van der Waals surface area contributed by atoms with E-state index >= 15 is 0 Å². The topological polar surface area (TPSA) is 80.5 Å². The summed E-state index contributed by atoms with van der Waals surface area (Å²) >= 11 is 0. The Morgan fingerprint density at radius 3 is 2.00 bits per heavy atom. The zero-order chi connectivity index (χ0) is 25.0. The molecule has 1 heterocycles. The van der Waals surface area contributed by atoms with Gasteiger partial charge in [-0.15, -0.1) is 0 Å². The number of benzene rings is 2. The first kappa shape index (κ1) is 26.2. The second-order valence-corrected chi connectivity index (χ2v) is 11.2. The van der Waals surface area contributed by atoms with Crippen LogP contribution in [0.4, 0.5) is 13.2 Å². The van der Waals surface area contributed by atoms with Crippen molar-refractivity contribution in [2.45, 2.75) is 61.3 Å². The van der Waals surface area contributed by atoms with E-state index in [0.717, 1.165) is 29.7 Å². The average Bonchev–Trinajstić information content (AvgIpc) is 2.79. The first-order valence-corrected chi connectivity index (χ1v) is 13.0. The maximum absolute atomic E-state index is 13.5. The lowest BCUT2D eigenvalue weighted by Gasteiger charge is -2.38. The van der Waals surface area contributed by atoms with Gasteiger partial charge in [0.1, 0.15) is 0 Å². The van der Waals surface area contributed by atoms with Crippen LogP contribution in [0.15, 0.2) is 53.4 Å². The third-order valence-electron chi connectivity index (χ3n) is 6.54. The summed E-state index contributed by atoms with van der Waals surface area (Å²) < 4.78 is 62.3. The summed E-state index contributed by atoms with van der Waals surface area (Å²) in [5, 5.41) is 0. The van der Waals surface area contributed by atoms with Gasteiger partial charge in [-0.05, 0) is 67.5 Å². The average molecular weight is 497 g/mol. The fraction of sp³-hybridized carbons (Fsp3) is 0.480. The normalized spacial score (nSPS) is 16.9. The Hall–Kier alpha value is -2.39. The highest BCUT2D eigenvalue weighted by atomic mass is 32.2. The lowest BCUT2D eigenvalue weighted by Crippen LogP contribution is -2.56. The highest BCUT2D eigenvalue weighted by Crippen LogP contribution is 2.36. The van der Waals surface area contributed by atoms with Gasteiger partial charge in [-0.2, -0.15) is 13.2 Å². The van der Waals surface area contributed by atoms with Crippen molar-refractivity contribution in [2.75, 3.05) is 19.6 Å². The monoisotopic (exact) mass is 496 g/mol. The maximum Gasteiger partial charge on any atom is 0.389 e. The number of likely N-dealkylation sites (tertiary alicyclic amines) is 1. The Morgan fingerprint density at radius 2 is 1.53 bits per heavy atom. The Morgan fingerprint density at radius 1 is 1.00 bits per heavy atom. The number of aryl methyl sites for hydroxylation is 1. The van der Waals surface area contributed by atoms with E-state index < -0.39 is 33.1 Å². The van der Waals surface area contributed by atoms with Gasteiger partial charge in [0.2, 0.25) is 5.91 Å². The number of alkyl halides is 3. The lowest BCUT2D eigenvalue weighted by atomic mass is 9.95. The third-order valence-corrected chi connectivity index (χ3v) is 9.08. The zero-order valence-electron chi connectivity index (χ0n) is 19.3. The van der Waals surface area contributed by atoms with E-state index in [1.165, 1.54) is 12.1 Å². The molecule has 186 valence electrons. The van der Waals surface area contributed by atoms with Crippen molar-refractivity contribution >= 4 is 15.7 Å². The van der Waals surface area contributed by atoms with Crippen molar-refractivity contribution in [3.8, 4) is 11.1 Å². The molecule has 1 fully saturated rings. The molecule has 1 saturated heterocycles. The van der Waals surface area contributed by atoms with Crippen LogP contribution in [0.5, 0.6) is 0 Å². The number of nitrogens with zero attached hydrogens (tertiary/aromatic N) is 1. The molecule has 3 rings (SSSR count). The lowest BCUT2D eigenvalue weighted by molar-refractivity contribution is -0.135. The highest BCUT2D eigenvalue weighted by Gasteiger charge is 2.51. The van der Waals surface area contributed by atoms with Crippen LogP contribution in [0.25, 0.3) is 11.1 Å². The molecule has 0 aliphatic carbocycles. The van der Waals surface area contributed by atoms with Crippen molar-refractivity contribution in [3.63, 3.8) is 0 Å². The van der Waals surface area contributed by atoms with Gasteiger partial charge in [0.05, 0.1) is 4.90 Å². The summed E-state index contributed by atoms with van der Waals surface area (Å²) in [5.41, 5.74) is 8.04. The fourth-order valence-electron chi connectivity index (χ4n) is 4.51. The van der Waals surface area contributed by atoms with Crippen LogP contribution in [0.2, 0.25) is 0 Å². The molecule has 34 heavy (non-hydrogen) atoms. The minimum Gasteiger partial charge on any atom is -0.368 e. The number of hydrogen-bond acceptors (Lipinski definition) is 4. The van der Waals surface area contributed by atoms with Crippen molar-refractivity contribution < 1.29 is 26.4 Å². The molecule has 0 saturated carbocycles. The molecular weight excluding hydrogens is 465 g/mol. The molecule has 0 bridgehead atoms. The Labute approximate surface area is 199 Å². The summed E-state index contributed by atoms with van der Waals surface area (Å²) in [6.07, 6.45) is -3.30. The first-order chi connectivity index (χ1) is 16.0. The second-order valence-electron chi connectivity index (χ2n) is 8.89. The summed E-state index contributed by atoms with van der Waals surface area (Å²) in [4.78, 5) is 14.6. The minimum atomic E-state index is -4.15. The van der Waals surface area contributed by atoms with Gasteiger partial charge < -0.3 is 10.6 Å². The molecule has 0 spiro atoms. The van der Waals surface area contributed by atoms with Gasteiger partial charge in [-0.1, -0.05) is 43.3 Å². The SMILES string of the molecule is CCCN1CCC(C(N)=O)(S(=O)(=O)c2ccc(-c3ccc(CCCC(F)(F)F)cc3)cc2)CC1. The van der Waals surface area contributed by atoms with E-state index in [-0.39, 0.29) is 24.2 Å². The molecule has 0 unspecified atom stereocenters. The summed E-state index contributed by atoms with van der Waals surface area (Å²) in [6.45, 7) is 3.91. The standard InChI is InChI=1S/C25H31F3N2O3S/c1-2-16-30-17-14-24(15-18-30,23(29)31)34(32,33)22-11-9-21(10-12-22)20-7-5-19(6-8-20)4-3-13-25(26,27)28/h5-12H,2-4,13-18H2,1H3,(H2,29,31). The second kappa shape index (κ2) is 10.5. The smallest absolute Gasteiger partial charge is 0.368 e. The van der Waals surface area contributed by atoms with Gasteiger partial charge in [0, 0.05) is 19.5 Å². The number of halogens is 3. The number of nitrogens with two attached hydrogens (primary N) is 1. The molecule has 9 heteroatoms. The molecule has 1 aliphatic heterocycles. The van der Waals surface area contributed by atoms with Crippen molar-refractivity contribution in [1.82, 2.24) is 4.90 Å². The van der Waals surface area contributed by atoms with Gasteiger partial charge in [0.25, 0.3) is 0 Å². The van der Waals surface area contributed by atoms with Crippen LogP contribution in [-0.4, -0.2) is 49.8 Å². The number of sulfone groups is 1. The van der Waals surface area contributed by atoms with E-state index in [9.17, 15) is 26.4 Å². The molecule has 0 radical (unpaired) electrons. The Balaban J connectivity index is 1.74. The van der Waals surface area contributed by atoms with Crippen LogP contribution in [0.1, 0.15) is 44.6 Å². The predicted molar refractivity (Wildman–Crippen MR) is 126 cm³/mol. The number of hydrogen-bond donors (Lipinski definition) is 1. The van der Waals surface area contributed by atoms with Gasteiger partial charge in [-0.3, -0.25) is 4.79 Å². The first-order valence-electron chi connectivity index (χ1n) is 11.5. The molecule has 2 aromatic rings. The fourth-order valence-corrected chi connectivity index (χ4v) is 6.44. The van der Waals surface area contributed by atoms with Crippen LogP contribution in [0, 0.1) is 0 Å². The van der Waals surface area contributed by atoms with E-state index in [1.54, 1.807) is 36.4 Å². The summed E-state index contributed by atoms with van der Waals surface area (Å²) in [7, 11) is -3.98. The number of piperidine rings is 1.